The first-order valence-corrected chi connectivity index (χ1v) is 9.69. The lowest BCUT2D eigenvalue weighted by Gasteiger charge is -2.12. The largest absolute Gasteiger partial charge is 0.326 e. The molecule has 26 heavy (non-hydrogen) atoms. The molecule has 0 saturated heterocycles. The molecule has 0 bridgehead atoms. The maximum atomic E-state index is 11.4. The fourth-order valence-electron chi connectivity index (χ4n) is 2.87. The molecule has 0 radical (unpaired) electrons. The standard InChI is InChI=1S/C20H20N4OS/c1-14(25)21-17-8-5-9-18(12-17)24-19(16-10-11-16)22-23-20(24)26-13-15-6-3-2-4-7-15/h2-9,12,16H,10-11,13H2,1H3,(H,21,25). The Morgan fingerprint density at radius 2 is 1.96 bits per heavy atom. The van der Waals surface area contributed by atoms with Gasteiger partial charge in [0.05, 0.1) is 5.69 Å². The highest BCUT2D eigenvalue weighted by Crippen LogP contribution is 2.41. The van der Waals surface area contributed by atoms with Crippen LogP contribution in [0, 0.1) is 0 Å². The Bertz CT molecular complexity index is 919. The molecule has 0 spiro atoms. The summed E-state index contributed by atoms with van der Waals surface area (Å²) < 4.78 is 2.14. The van der Waals surface area contributed by atoms with Gasteiger partial charge in [0.25, 0.3) is 0 Å². The maximum Gasteiger partial charge on any atom is 0.221 e. The Labute approximate surface area is 156 Å². The number of thioether (sulfide) groups is 1. The van der Waals surface area contributed by atoms with E-state index in [9.17, 15) is 4.79 Å². The molecule has 1 aromatic heterocycles. The number of amides is 1. The molecule has 0 atom stereocenters. The normalized spacial score (nSPS) is 13.6. The SMILES string of the molecule is CC(=O)Nc1cccc(-n2c(SCc3ccccc3)nnc2C2CC2)c1. The van der Waals surface area contributed by atoms with Gasteiger partial charge in [-0.05, 0) is 36.6 Å². The Hall–Kier alpha value is -2.60. The van der Waals surface area contributed by atoms with Crippen LogP contribution in [0.15, 0.2) is 59.8 Å². The van der Waals surface area contributed by atoms with Crippen LogP contribution in [0.5, 0.6) is 0 Å². The molecule has 1 amide bonds. The molecule has 2 aromatic carbocycles. The molecule has 4 rings (SSSR count). The van der Waals surface area contributed by atoms with Gasteiger partial charge in [-0.25, -0.2) is 0 Å². The third-order valence-corrected chi connectivity index (χ3v) is 5.24. The van der Waals surface area contributed by atoms with Crippen LogP contribution in [0.4, 0.5) is 5.69 Å². The van der Waals surface area contributed by atoms with Crippen LogP contribution in [-0.2, 0) is 10.5 Å². The molecule has 6 heteroatoms. The first kappa shape index (κ1) is 16.8. The molecule has 0 aliphatic heterocycles. The lowest BCUT2D eigenvalue weighted by atomic mass is 10.2. The minimum Gasteiger partial charge on any atom is -0.326 e. The van der Waals surface area contributed by atoms with Gasteiger partial charge in [0.1, 0.15) is 5.82 Å². The van der Waals surface area contributed by atoms with E-state index in [1.165, 1.54) is 12.5 Å². The van der Waals surface area contributed by atoms with Crippen molar-refractivity contribution in [3.05, 3.63) is 66.0 Å². The number of hydrogen-bond acceptors (Lipinski definition) is 4. The molecule has 1 heterocycles. The van der Waals surface area contributed by atoms with Crippen molar-refractivity contribution in [2.45, 2.75) is 36.6 Å². The number of benzene rings is 2. The summed E-state index contributed by atoms with van der Waals surface area (Å²) in [7, 11) is 0. The van der Waals surface area contributed by atoms with Crippen LogP contribution < -0.4 is 5.32 Å². The maximum absolute atomic E-state index is 11.4. The van der Waals surface area contributed by atoms with Crippen molar-refractivity contribution in [1.82, 2.24) is 14.8 Å². The second-order valence-corrected chi connectivity index (χ2v) is 7.40. The second kappa shape index (κ2) is 7.33. The number of nitrogens with zero attached hydrogens (tertiary/aromatic N) is 3. The summed E-state index contributed by atoms with van der Waals surface area (Å²) in [5, 5.41) is 12.6. The van der Waals surface area contributed by atoms with Gasteiger partial charge in [0.15, 0.2) is 5.16 Å². The summed E-state index contributed by atoms with van der Waals surface area (Å²) in [6.45, 7) is 1.52. The fraction of sp³-hybridized carbons (Fsp3) is 0.250. The van der Waals surface area contributed by atoms with Gasteiger partial charge in [-0.3, -0.25) is 9.36 Å². The van der Waals surface area contributed by atoms with Gasteiger partial charge < -0.3 is 5.32 Å². The lowest BCUT2D eigenvalue weighted by Crippen LogP contribution is -2.07. The van der Waals surface area contributed by atoms with Crippen molar-refractivity contribution in [3.8, 4) is 5.69 Å². The monoisotopic (exact) mass is 364 g/mol. The zero-order valence-electron chi connectivity index (χ0n) is 14.6. The molecule has 1 aliphatic carbocycles. The van der Waals surface area contributed by atoms with E-state index in [0.29, 0.717) is 5.92 Å². The molecule has 1 aliphatic rings. The van der Waals surface area contributed by atoms with E-state index in [4.69, 9.17) is 0 Å². The Morgan fingerprint density at radius 3 is 2.69 bits per heavy atom. The van der Waals surface area contributed by atoms with Crippen molar-refractivity contribution in [3.63, 3.8) is 0 Å². The van der Waals surface area contributed by atoms with Crippen LogP contribution in [0.2, 0.25) is 0 Å². The summed E-state index contributed by atoms with van der Waals surface area (Å²) in [4.78, 5) is 11.4. The summed E-state index contributed by atoms with van der Waals surface area (Å²) in [6, 6.07) is 18.2. The molecule has 132 valence electrons. The number of hydrogen-bond donors (Lipinski definition) is 1. The number of carbonyl (C=O) groups is 1. The number of anilines is 1. The van der Waals surface area contributed by atoms with E-state index in [-0.39, 0.29) is 5.91 Å². The van der Waals surface area contributed by atoms with Gasteiger partial charge in [0, 0.05) is 24.3 Å². The predicted octanol–water partition coefficient (Wildman–Crippen LogP) is 4.40. The molecule has 1 fully saturated rings. The number of rotatable bonds is 6. The van der Waals surface area contributed by atoms with Crippen molar-refractivity contribution in [1.29, 1.82) is 0 Å². The summed E-state index contributed by atoms with van der Waals surface area (Å²) in [5.41, 5.74) is 3.02. The molecular formula is C20H20N4OS. The summed E-state index contributed by atoms with van der Waals surface area (Å²) >= 11 is 1.68. The van der Waals surface area contributed by atoms with Gasteiger partial charge in [-0.1, -0.05) is 48.2 Å². The average molecular weight is 364 g/mol. The Morgan fingerprint density at radius 1 is 1.15 bits per heavy atom. The van der Waals surface area contributed by atoms with E-state index in [0.717, 1.165) is 41.0 Å². The zero-order valence-corrected chi connectivity index (χ0v) is 15.4. The van der Waals surface area contributed by atoms with E-state index < -0.39 is 0 Å². The molecular weight excluding hydrogens is 344 g/mol. The van der Waals surface area contributed by atoms with Crippen LogP contribution >= 0.6 is 11.8 Å². The van der Waals surface area contributed by atoms with Crippen LogP contribution in [-0.4, -0.2) is 20.7 Å². The van der Waals surface area contributed by atoms with Crippen molar-refractivity contribution >= 4 is 23.4 Å². The topological polar surface area (TPSA) is 59.8 Å². The average Bonchev–Trinajstić information content (AvgIpc) is 3.40. The number of aromatic nitrogens is 3. The van der Waals surface area contributed by atoms with Gasteiger partial charge >= 0.3 is 0 Å². The first-order chi connectivity index (χ1) is 12.7. The molecule has 5 nitrogen and oxygen atoms in total. The minimum atomic E-state index is -0.0769. The van der Waals surface area contributed by atoms with E-state index in [2.05, 4.69) is 32.2 Å². The molecule has 1 N–H and O–H groups in total. The Balaban J connectivity index is 1.65. The molecule has 3 aromatic rings. The van der Waals surface area contributed by atoms with Crippen LogP contribution in [0.25, 0.3) is 5.69 Å². The van der Waals surface area contributed by atoms with Crippen LogP contribution in [0.3, 0.4) is 0 Å². The van der Waals surface area contributed by atoms with E-state index >= 15 is 0 Å². The van der Waals surface area contributed by atoms with Gasteiger partial charge in [0.2, 0.25) is 5.91 Å². The highest BCUT2D eigenvalue weighted by molar-refractivity contribution is 7.98. The third-order valence-electron chi connectivity index (χ3n) is 4.24. The van der Waals surface area contributed by atoms with E-state index in [1.807, 2.05) is 42.5 Å². The Kier molecular flexibility index (Phi) is 4.75. The highest BCUT2D eigenvalue weighted by atomic mass is 32.2. The predicted molar refractivity (Wildman–Crippen MR) is 104 cm³/mol. The second-order valence-electron chi connectivity index (χ2n) is 6.46. The first-order valence-electron chi connectivity index (χ1n) is 8.71. The van der Waals surface area contributed by atoms with Crippen molar-refractivity contribution < 1.29 is 4.79 Å². The smallest absolute Gasteiger partial charge is 0.221 e. The minimum absolute atomic E-state index is 0.0769. The lowest BCUT2D eigenvalue weighted by molar-refractivity contribution is -0.114. The number of nitrogens with one attached hydrogen (secondary N) is 1. The zero-order chi connectivity index (χ0) is 17.9. The summed E-state index contributed by atoms with van der Waals surface area (Å²) in [6.07, 6.45) is 2.32. The van der Waals surface area contributed by atoms with Crippen molar-refractivity contribution in [2.75, 3.05) is 5.32 Å². The van der Waals surface area contributed by atoms with Gasteiger partial charge in [-0.2, -0.15) is 0 Å². The van der Waals surface area contributed by atoms with Crippen molar-refractivity contribution in [2.24, 2.45) is 0 Å². The summed E-state index contributed by atoms with van der Waals surface area (Å²) in [5.74, 6) is 2.26. The fourth-order valence-corrected chi connectivity index (χ4v) is 3.79. The molecule has 0 unspecified atom stereocenters. The number of carbonyl (C=O) groups excluding carboxylic acids is 1. The van der Waals surface area contributed by atoms with Gasteiger partial charge in [-0.15, -0.1) is 10.2 Å². The highest BCUT2D eigenvalue weighted by Gasteiger charge is 2.31. The molecule has 1 saturated carbocycles. The quantitative estimate of drug-likeness (QED) is 0.659. The van der Waals surface area contributed by atoms with E-state index in [1.54, 1.807) is 11.8 Å². The van der Waals surface area contributed by atoms with Crippen LogP contribution in [0.1, 0.15) is 37.1 Å². The third kappa shape index (κ3) is 3.80.